The molecule has 0 aromatic rings. The molecule has 98 valence electrons. The average molecular weight is 248 g/mol. The average Bonchev–Trinajstić information content (AvgIpc) is 3.10. The zero-order valence-corrected chi connectivity index (χ0v) is 10.5. The number of rotatable bonds is 3. The molecule has 0 saturated heterocycles. The van der Waals surface area contributed by atoms with Crippen molar-refractivity contribution < 1.29 is 14.6 Å². The van der Waals surface area contributed by atoms with Gasteiger partial charge in [0.2, 0.25) is 0 Å². The van der Waals surface area contributed by atoms with Crippen LogP contribution in [0.3, 0.4) is 0 Å². The van der Waals surface area contributed by atoms with E-state index in [0.29, 0.717) is 5.92 Å². The van der Waals surface area contributed by atoms with E-state index in [2.05, 4.69) is 12.2 Å². The van der Waals surface area contributed by atoms with Gasteiger partial charge < -0.3 is 9.84 Å². The van der Waals surface area contributed by atoms with Gasteiger partial charge in [0.1, 0.15) is 6.61 Å². The van der Waals surface area contributed by atoms with Crippen LogP contribution < -0.4 is 0 Å². The molecule has 0 heterocycles. The molecule has 6 unspecified atom stereocenters. The van der Waals surface area contributed by atoms with Crippen LogP contribution in [-0.2, 0) is 9.53 Å². The first kappa shape index (κ1) is 11.0. The van der Waals surface area contributed by atoms with Crippen LogP contribution in [-0.4, -0.2) is 24.3 Å². The van der Waals surface area contributed by atoms with E-state index in [1.165, 1.54) is 12.8 Å². The number of aliphatic hydroxyl groups is 1. The molecular formula is C15H20O3. The highest BCUT2D eigenvalue weighted by Crippen LogP contribution is 2.67. The van der Waals surface area contributed by atoms with Gasteiger partial charge in [-0.2, -0.15) is 0 Å². The minimum Gasteiger partial charge on any atom is -0.463 e. The van der Waals surface area contributed by atoms with Crippen LogP contribution in [0.1, 0.15) is 19.3 Å². The molecule has 0 spiro atoms. The fourth-order valence-corrected chi connectivity index (χ4v) is 5.54. The fraction of sp³-hybridized carbons (Fsp3) is 0.800. The van der Waals surface area contributed by atoms with Crippen LogP contribution in [0.5, 0.6) is 0 Å². The summed E-state index contributed by atoms with van der Waals surface area (Å²) in [5, 5.41) is 8.74. The summed E-state index contributed by atoms with van der Waals surface area (Å²) < 4.78 is 5.15. The summed E-state index contributed by atoms with van der Waals surface area (Å²) in [4.78, 5) is 12.0. The van der Waals surface area contributed by atoms with E-state index in [1.807, 2.05) is 0 Å². The number of ether oxygens (including phenoxy) is 1. The minimum absolute atomic E-state index is 0.0539. The predicted molar refractivity (Wildman–Crippen MR) is 65.5 cm³/mol. The Hall–Kier alpha value is -0.830. The van der Waals surface area contributed by atoms with Gasteiger partial charge in [0.25, 0.3) is 0 Å². The molecule has 3 heteroatoms. The second-order valence-corrected chi connectivity index (χ2v) is 6.50. The summed E-state index contributed by atoms with van der Waals surface area (Å²) in [6.45, 7) is 0.0960. The molecule has 4 bridgehead atoms. The lowest BCUT2D eigenvalue weighted by molar-refractivity contribution is -0.152. The third-order valence-corrected chi connectivity index (χ3v) is 5.91. The van der Waals surface area contributed by atoms with Crippen molar-refractivity contribution in [2.75, 3.05) is 13.2 Å². The number of aliphatic hydroxyl groups excluding tert-OH is 1. The number of allylic oxidation sites excluding steroid dienone is 2. The summed E-state index contributed by atoms with van der Waals surface area (Å²) in [5.41, 5.74) is 0. The summed E-state index contributed by atoms with van der Waals surface area (Å²) >= 11 is 0. The van der Waals surface area contributed by atoms with Crippen molar-refractivity contribution in [1.29, 1.82) is 0 Å². The quantitative estimate of drug-likeness (QED) is 0.469. The normalized spacial score (nSPS) is 50.8. The Morgan fingerprint density at radius 1 is 1.17 bits per heavy atom. The van der Waals surface area contributed by atoms with E-state index in [-0.39, 0.29) is 25.1 Å². The molecular weight excluding hydrogens is 228 g/mol. The van der Waals surface area contributed by atoms with Crippen LogP contribution in [0.15, 0.2) is 12.2 Å². The van der Waals surface area contributed by atoms with Crippen LogP contribution in [0.4, 0.5) is 0 Å². The van der Waals surface area contributed by atoms with Gasteiger partial charge >= 0.3 is 5.97 Å². The molecule has 3 saturated carbocycles. The van der Waals surface area contributed by atoms with Crippen LogP contribution >= 0.6 is 0 Å². The largest absolute Gasteiger partial charge is 0.463 e. The van der Waals surface area contributed by atoms with Gasteiger partial charge in [-0.3, -0.25) is 4.79 Å². The Labute approximate surface area is 107 Å². The molecule has 0 aliphatic heterocycles. The van der Waals surface area contributed by atoms with E-state index in [4.69, 9.17) is 9.84 Å². The Morgan fingerprint density at radius 3 is 2.72 bits per heavy atom. The maximum absolute atomic E-state index is 12.0. The molecule has 0 aromatic heterocycles. The second kappa shape index (κ2) is 3.83. The van der Waals surface area contributed by atoms with Crippen molar-refractivity contribution in [2.24, 2.45) is 41.4 Å². The molecule has 3 nitrogen and oxygen atoms in total. The Balaban J connectivity index is 1.52. The fourth-order valence-electron chi connectivity index (χ4n) is 5.54. The van der Waals surface area contributed by atoms with Gasteiger partial charge in [-0.1, -0.05) is 12.2 Å². The maximum atomic E-state index is 12.0. The smallest absolute Gasteiger partial charge is 0.309 e. The van der Waals surface area contributed by atoms with Crippen molar-refractivity contribution in [3.8, 4) is 0 Å². The summed E-state index contributed by atoms with van der Waals surface area (Å²) in [6, 6.07) is 0. The Morgan fingerprint density at radius 2 is 1.94 bits per heavy atom. The number of hydrogen-bond donors (Lipinski definition) is 1. The zero-order valence-electron chi connectivity index (χ0n) is 10.5. The van der Waals surface area contributed by atoms with E-state index in [0.717, 1.165) is 36.0 Å². The van der Waals surface area contributed by atoms with E-state index in [9.17, 15) is 4.79 Å². The number of esters is 1. The number of carbonyl (C=O) groups excluding carboxylic acids is 1. The topological polar surface area (TPSA) is 46.5 Å². The lowest BCUT2D eigenvalue weighted by Crippen LogP contribution is -2.35. The molecule has 0 amide bonds. The van der Waals surface area contributed by atoms with Crippen molar-refractivity contribution in [3.05, 3.63) is 12.2 Å². The number of carbonyl (C=O) groups is 1. The van der Waals surface area contributed by atoms with Gasteiger partial charge in [-0.05, 0) is 54.8 Å². The Bertz CT molecular complexity index is 403. The Kier molecular flexibility index (Phi) is 2.35. The molecule has 7 atom stereocenters. The third-order valence-electron chi connectivity index (χ3n) is 5.91. The first-order valence-corrected chi connectivity index (χ1v) is 7.25. The van der Waals surface area contributed by atoms with Crippen LogP contribution in [0.25, 0.3) is 0 Å². The van der Waals surface area contributed by atoms with Crippen molar-refractivity contribution in [2.45, 2.75) is 19.3 Å². The van der Waals surface area contributed by atoms with Crippen LogP contribution in [0.2, 0.25) is 0 Å². The van der Waals surface area contributed by atoms with Gasteiger partial charge in [0, 0.05) is 0 Å². The third kappa shape index (κ3) is 1.31. The molecule has 3 fully saturated rings. The molecule has 18 heavy (non-hydrogen) atoms. The van der Waals surface area contributed by atoms with Gasteiger partial charge in [-0.25, -0.2) is 0 Å². The van der Waals surface area contributed by atoms with E-state index >= 15 is 0 Å². The molecule has 0 aromatic carbocycles. The predicted octanol–water partition coefficient (Wildman–Crippen LogP) is 1.62. The van der Waals surface area contributed by atoms with Crippen molar-refractivity contribution in [3.63, 3.8) is 0 Å². The monoisotopic (exact) mass is 248 g/mol. The summed E-state index contributed by atoms with van der Waals surface area (Å²) in [6.07, 6.45) is 8.42. The lowest BCUT2D eigenvalue weighted by Gasteiger charge is -2.35. The van der Waals surface area contributed by atoms with Crippen molar-refractivity contribution in [1.82, 2.24) is 0 Å². The number of hydrogen-bond acceptors (Lipinski definition) is 3. The van der Waals surface area contributed by atoms with Gasteiger partial charge in [0.05, 0.1) is 12.5 Å². The van der Waals surface area contributed by atoms with Crippen LogP contribution in [0, 0.1) is 41.4 Å². The van der Waals surface area contributed by atoms with E-state index < -0.39 is 0 Å². The zero-order chi connectivity index (χ0) is 12.3. The first-order valence-electron chi connectivity index (χ1n) is 7.25. The maximum Gasteiger partial charge on any atom is 0.309 e. The van der Waals surface area contributed by atoms with Crippen molar-refractivity contribution >= 4 is 5.97 Å². The second-order valence-electron chi connectivity index (χ2n) is 6.50. The summed E-state index contributed by atoms with van der Waals surface area (Å²) in [5.74, 6) is 4.56. The molecule has 4 aliphatic carbocycles. The standard InChI is InChI=1S/C15H20O3/c16-3-4-18-15(17)12-7-10-6-11(12)14-9-2-1-8(5-9)13(10)14/h1-2,8-14,16H,3-7H2/t8?,9?,10?,11?,12?,13?,14-/m0/s1. The molecule has 4 aliphatic rings. The van der Waals surface area contributed by atoms with Gasteiger partial charge in [0.15, 0.2) is 0 Å². The highest BCUT2D eigenvalue weighted by molar-refractivity contribution is 5.73. The SMILES string of the molecule is O=C(OCCO)C1CC2CC1[C@@H]1C3C=CC(C3)C21. The molecule has 1 N–H and O–H groups in total. The molecule has 4 rings (SSSR count). The van der Waals surface area contributed by atoms with E-state index in [1.54, 1.807) is 0 Å². The molecule has 0 radical (unpaired) electrons. The van der Waals surface area contributed by atoms with Gasteiger partial charge in [-0.15, -0.1) is 0 Å². The lowest BCUT2D eigenvalue weighted by atomic mass is 9.69. The number of fused-ring (bicyclic) bond motifs is 9. The highest BCUT2D eigenvalue weighted by Gasteiger charge is 2.62. The first-order chi connectivity index (χ1) is 8.79. The highest BCUT2D eigenvalue weighted by atomic mass is 16.5. The minimum atomic E-state index is -0.0634. The summed E-state index contributed by atoms with van der Waals surface area (Å²) in [7, 11) is 0.